The maximum Gasteiger partial charge on any atom is 0.416 e. The van der Waals surface area contributed by atoms with Gasteiger partial charge >= 0.3 is 12.1 Å². The van der Waals surface area contributed by atoms with E-state index in [1.54, 1.807) is 10.6 Å². The lowest BCUT2D eigenvalue weighted by Gasteiger charge is -2.21. The van der Waals surface area contributed by atoms with Crippen LogP contribution in [0.3, 0.4) is 0 Å². The van der Waals surface area contributed by atoms with Crippen molar-refractivity contribution in [1.29, 1.82) is 0 Å². The van der Waals surface area contributed by atoms with Crippen molar-refractivity contribution in [2.45, 2.75) is 12.3 Å². The summed E-state index contributed by atoms with van der Waals surface area (Å²) in [5.41, 5.74) is 6.62. The Hall–Kier alpha value is -3.03. The molecule has 24 heavy (non-hydrogen) atoms. The van der Waals surface area contributed by atoms with Gasteiger partial charge in [0, 0.05) is 5.56 Å². The highest BCUT2D eigenvalue weighted by Crippen LogP contribution is 2.36. The summed E-state index contributed by atoms with van der Waals surface area (Å²) in [6.07, 6.45) is -5.38. The second-order valence-electron chi connectivity index (χ2n) is 5.46. The minimum atomic E-state index is -4.47. The highest BCUT2D eigenvalue weighted by molar-refractivity contribution is 5.92. The minimum Gasteiger partial charge on any atom is -0.357 e. The van der Waals surface area contributed by atoms with E-state index in [0.29, 0.717) is 5.95 Å². The molecule has 8 heteroatoms. The molecule has 2 aromatic carbocycles. The quantitative estimate of drug-likeness (QED) is 0.600. The lowest BCUT2D eigenvalue weighted by Crippen LogP contribution is -2.48. The smallest absolute Gasteiger partial charge is 0.357 e. The number of nitrogens with zero attached hydrogens (tertiary/aromatic N) is 2. The molecule has 4 rings (SSSR count). The van der Waals surface area contributed by atoms with Crippen molar-refractivity contribution in [2.24, 2.45) is 10.7 Å². The Morgan fingerprint density at radius 2 is 1.75 bits per heavy atom. The van der Waals surface area contributed by atoms with Gasteiger partial charge in [-0.2, -0.15) is 18.2 Å². The number of nitrogens with two attached hydrogens (primary N) is 1. The molecule has 0 radical (unpaired) electrons. The highest BCUT2D eigenvalue weighted by Gasteiger charge is 2.39. The van der Waals surface area contributed by atoms with Crippen LogP contribution in [-0.2, 0) is 6.18 Å². The lowest BCUT2D eigenvalue weighted by atomic mass is 10.0. The zero-order valence-electron chi connectivity index (χ0n) is 12.3. The average Bonchev–Trinajstić information content (AvgIpc) is 2.91. The van der Waals surface area contributed by atoms with Crippen LogP contribution in [0.2, 0.25) is 0 Å². The van der Waals surface area contributed by atoms with E-state index in [1.807, 2.05) is 24.3 Å². The Morgan fingerprint density at radius 3 is 2.54 bits per heavy atom. The third-order valence-electron chi connectivity index (χ3n) is 3.95. The first kappa shape index (κ1) is 14.6. The standard InChI is InChI=1S/C16H12F3N5/c17-16(18,19)10-6-2-1-5-9(10)13-22-14(20)23-15-21-11-7-3-4-8-12(11)24(13)15/h1-8,13H,(H3,20,21,22,23)/p+1/t13-/m1/s1. The molecule has 122 valence electrons. The van der Waals surface area contributed by atoms with E-state index in [4.69, 9.17) is 5.73 Å². The molecule has 1 aliphatic heterocycles. The predicted octanol–water partition coefficient (Wildman–Crippen LogP) is 2.76. The van der Waals surface area contributed by atoms with Gasteiger partial charge in [-0.25, -0.2) is 14.9 Å². The van der Waals surface area contributed by atoms with Crippen molar-refractivity contribution in [3.05, 3.63) is 59.7 Å². The summed E-state index contributed by atoms with van der Waals surface area (Å²) in [5.74, 6) is 0.550. The molecule has 0 spiro atoms. The molecule has 0 saturated heterocycles. The molecule has 0 unspecified atom stereocenters. The van der Waals surface area contributed by atoms with Gasteiger partial charge in [-0.05, 0) is 18.2 Å². The number of nitrogens with one attached hydrogen (secondary N) is 2. The first-order chi connectivity index (χ1) is 11.4. The second kappa shape index (κ2) is 4.98. The number of hydrogen-bond acceptors (Lipinski definition) is 3. The van der Waals surface area contributed by atoms with Gasteiger partial charge in [0.2, 0.25) is 6.17 Å². The zero-order chi connectivity index (χ0) is 16.9. The van der Waals surface area contributed by atoms with Crippen LogP contribution in [-0.4, -0.2) is 10.9 Å². The van der Waals surface area contributed by atoms with E-state index < -0.39 is 17.9 Å². The number of halogens is 3. The van der Waals surface area contributed by atoms with Crippen LogP contribution in [0.4, 0.5) is 19.1 Å². The average molecular weight is 332 g/mol. The Balaban J connectivity index is 1.99. The summed E-state index contributed by atoms with van der Waals surface area (Å²) in [4.78, 5) is 7.33. The number of imidazole rings is 1. The molecule has 2 heterocycles. The van der Waals surface area contributed by atoms with Crippen LogP contribution in [0, 0.1) is 0 Å². The van der Waals surface area contributed by atoms with Gasteiger partial charge in [0.15, 0.2) is 0 Å². The van der Waals surface area contributed by atoms with Gasteiger partial charge in [0.25, 0.3) is 5.96 Å². The van der Waals surface area contributed by atoms with Crippen molar-refractivity contribution < 1.29 is 17.7 Å². The number of para-hydroxylation sites is 2. The fourth-order valence-electron chi connectivity index (χ4n) is 2.98. The molecule has 0 aliphatic carbocycles. The van der Waals surface area contributed by atoms with E-state index in [9.17, 15) is 13.2 Å². The Bertz CT molecular complexity index is 958. The summed E-state index contributed by atoms with van der Waals surface area (Å²) in [5, 5.41) is 2.86. The molecule has 4 N–H and O–H groups in total. The summed E-state index contributed by atoms with van der Waals surface area (Å²) in [6, 6.07) is 12.7. The van der Waals surface area contributed by atoms with Crippen LogP contribution in [0.15, 0.2) is 53.5 Å². The number of anilines is 1. The fourth-order valence-corrected chi connectivity index (χ4v) is 2.98. The first-order valence-electron chi connectivity index (χ1n) is 7.24. The number of rotatable bonds is 1. The summed E-state index contributed by atoms with van der Waals surface area (Å²) >= 11 is 0. The lowest BCUT2D eigenvalue weighted by molar-refractivity contribution is -0.674. The molecule has 0 saturated carbocycles. The molecule has 0 amide bonds. The molecular weight excluding hydrogens is 319 g/mol. The largest absolute Gasteiger partial charge is 0.416 e. The number of fused-ring (bicyclic) bond motifs is 3. The van der Waals surface area contributed by atoms with Crippen LogP contribution in [0.1, 0.15) is 17.3 Å². The normalized spacial score (nSPS) is 17.3. The van der Waals surface area contributed by atoms with Gasteiger partial charge in [-0.3, -0.25) is 0 Å². The monoisotopic (exact) mass is 332 g/mol. The topological polar surface area (TPSA) is 70.1 Å². The number of benzene rings is 2. The van der Waals surface area contributed by atoms with Crippen molar-refractivity contribution in [1.82, 2.24) is 4.98 Å². The maximum absolute atomic E-state index is 13.4. The first-order valence-corrected chi connectivity index (χ1v) is 7.24. The number of alkyl halides is 3. The zero-order valence-corrected chi connectivity index (χ0v) is 12.3. The van der Waals surface area contributed by atoms with Gasteiger partial charge in [0.1, 0.15) is 11.0 Å². The molecule has 1 aliphatic rings. The van der Waals surface area contributed by atoms with E-state index in [-0.39, 0.29) is 11.5 Å². The fraction of sp³-hybridized carbons (Fsp3) is 0.125. The van der Waals surface area contributed by atoms with Crippen LogP contribution < -0.4 is 15.6 Å². The van der Waals surface area contributed by atoms with Gasteiger partial charge in [-0.1, -0.05) is 30.3 Å². The Labute approximate surface area is 134 Å². The molecule has 0 fully saturated rings. The third kappa shape index (κ3) is 2.18. The molecule has 0 bridgehead atoms. The minimum absolute atomic E-state index is 0.0467. The van der Waals surface area contributed by atoms with Crippen LogP contribution in [0.25, 0.3) is 11.0 Å². The SMILES string of the molecule is NC1=N[C@@H](c2ccccc2C(F)(F)F)[n+]2c([nH]c3ccccc32)N1. The van der Waals surface area contributed by atoms with Crippen molar-refractivity contribution in [3.8, 4) is 0 Å². The van der Waals surface area contributed by atoms with E-state index in [2.05, 4.69) is 15.3 Å². The second-order valence-corrected chi connectivity index (χ2v) is 5.46. The summed E-state index contributed by atoms with van der Waals surface area (Å²) in [6.45, 7) is 0. The molecule has 5 nitrogen and oxygen atoms in total. The van der Waals surface area contributed by atoms with Gasteiger partial charge in [0.05, 0.1) is 5.56 Å². The molecule has 1 aromatic heterocycles. The third-order valence-corrected chi connectivity index (χ3v) is 3.95. The maximum atomic E-state index is 13.4. The van der Waals surface area contributed by atoms with E-state index in [1.165, 1.54) is 12.1 Å². The molecular formula is C16H13F3N5+. The number of hydrogen-bond donors (Lipinski definition) is 3. The summed E-state index contributed by atoms with van der Waals surface area (Å²) < 4.78 is 41.9. The van der Waals surface area contributed by atoms with Crippen molar-refractivity contribution in [3.63, 3.8) is 0 Å². The van der Waals surface area contributed by atoms with E-state index >= 15 is 0 Å². The van der Waals surface area contributed by atoms with Crippen LogP contribution >= 0.6 is 0 Å². The van der Waals surface area contributed by atoms with Gasteiger partial charge in [-0.15, -0.1) is 0 Å². The number of aromatic nitrogens is 2. The van der Waals surface area contributed by atoms with Crippen molar-refractivity contribution in [2.75, 3.05) is 5.32 Å². The molecule has 1 atom stereocenters. The van der Waals surface area contributed by atoms with Crippen LogP contribution in [0.5, 0.6) is 0 Å². The molecule has 3 aromatic rings. The van der Waals surface area contributed by atoms with E-state index in [0.717, 1.165) is 17.1 Å². The number of aromatic amines is 1. The number of guanidine groups is 1. The highest BCUT2D eigenvalue weighted by atomic mass is 19.4. The Morgan fingerprint density at radius 1 is 1.04 bits per heavy atom. The number of aliphatic imine (C=N–C) groups is 1. The summed E-state index contributed by atoms with van der Waals surface area (Å²) in [7, 11) is 0. The van der Waals surface area contributed by atoms with Gasteiger partial charge < -0.3 is 5.73 Å². The van der Waals surface area contributed by atoms with Crippen molar-refractivity contribution >= 4 is 22.9 Å². The predicted molar refractivity (Wildman–Crippen MR) is 83.3 cm³/mol. The Kier molecular flexibility index (Phi) is 3.02. The number of H-pyrrole nitrogens is 1.